The third-order valence-corrected chi connectivity index (χ3v) is 3.66. The Morgan fingerprint density at radius 2 is 2.12 bits per heavy atom. The van der Waals surface area contributed by atoms with Gasteiger partial charge >= 0.3 is 6.18 Å². The summed E-state index contributed by atoms with van der Waals surface area (Å²) in [5.41, 5.74) is 0.641. The lowest BCUT2D eigenvalue weighted by Crippen LogP contribution is -2.24. The third kappa shape index (κ3) is 3.46. The first kappa shape index (κ1) is 16.2. The maximum atomic E-state index is 13.0. The molecule has 6 nitrogen and oxygen atoms in total. The number of nitrogens with zero attached hydrogens (tertiary/aromatic N) is 4. The van der Waals surface area contributed by atoms with E-state index in [2.05, 4.69) is 25.6 Å². The van der Waals surface area contributed by atoms with Crippen LogP contribution < -0.4 is 5.32 Å². The van der Waals surface area contributed by atoms with E-state index in [9.17, 15) is 13.2 Å². The molecule has 24 heavy (non-hydrogen) atoms. The van der Waals surface area contributed by atoms with E-state index in [1.54, 1.807) is 24.0 Å². The van der Waals surface area contributed by atoms with Crippen LogP contribution in [0.3, 0.4) is 0 Å². The van der Waals surface area contributed by atoms with E-state index in [-0.39, 0.29) is 0 Å². The van der Waals surface area contributed by atoms with E-state index in [1.807, 2.05) is 6.07 Å². The van der Waals surface area contributed by atoms with Gasteiger partial charge in [0.25, 0.3) is 0 Å². The molecule has 0 saturated heterocycles. The molecular weight excluding hydrogens is 321 g/mol. The van der Waals surface area contributed by atoms with Crippen molar-refractivity contribution in [1.82, 2.24) is 30.3 Å². The van der Waals surface area contributed by atoms with E-state index in [4.69, 9.17) is 0 Å². The Kier molecular flexibility index (Phi) is 4.34. The fourth-order valence-electron chi connectivity index (χ4n) is 2.40. The van der Waals surface area contributed by atoms with Crippen molar-refractivity contribution in [2.75, 3.05) is 0 Å². The molecule has 0 fully saturated rings. The number of aryl methyl sites for hydroxylation is 1. The molecule has 0 amide bonds. The second-order valence-corrected chi connectivity index (χ2v) is 5.25. The molecule has 0 aliphatic heterocycles. The summed E-state index contributed by atoms with van der Waals surface area (Å²) >= 11 is 0. The van der Waals surface area contributed by atoms with Crippen LogP contribution in [0.2, 0.25) is 0 Å². The molecule has 1 aromatic carbocycles. The summed E-state index contributed by atoms with van der Waals surface area (Å²) < 4.78 is 40.6. The smallest absolute Gasteiger partial charge is 0.298 e. The van der Waals surface area contributed by atoms with Crippen LogP contribution in [0.25, 0.3) is 0 Å². The van der Waals surface area contributed by atoms with Crippen molar-refractivity contribution in [3.05, 3.63) is 65.5 Å². The number of aromatic amines is 1. The number of aromatic nitrogens is 5. The van der Waals surface area contributed by atoms with E-state index in [1.165, 1.54) is 12.4 Å². The van der Waals surface area contributed by atoms with Crippen LogP contribution in [0.15, 0.2) is 42.9 Å². The van der Waals surface area contributed by atoms with Gasteiger partial charge in [-0.15, -0.1) is 0 Å². The summed E-state index contributed by atoms with van der Waals surface area (Å²) in [6.07, 6.45) is -1.42. The molecule has 0 saturated carbocycles. The number of hydrogen-bond acceptors (Lipinski definition) is 4. The fraction of sp³-hybridized carbons (Fsp3) is 0.267. The molecule has 0 aliphatic carbocycles. The van der Waals surface area contributed by atoms with Gasteiger partial charge in [0.15, 0.2) is 0 Å². The average molecular weight is 336 g/mol. The summed E-state index contributed by atoms with van der Waals surface area (Å²) in [6, 6.07) is 6.44. The van der Waals surface area contributed by atoms with Gasteiger partial charge in [-0.1, -0.05) is 12.1 Å². The number of benzene rings is 1. The molecule has 2 aromatic heterocycles. The first-order chi connectivity index (χ1) is 11.4. The summed E-state index contributed by atoms with van der Waals surface area (Å²) in [6.45, 7) is 0.415. The second kappa shape index (κ2) is 6.44. The largest absolute Gasteiger partial charge is 0.416 e. The zero-order chi connectivity index (χ0) is 17.2. The highest BCUT2D eigenvalue weighted by Gasteiger charge is 2.31. The maximum absolute atomic E-state index is 13.0. The fourth-order valence-corrected chi connectivity index (χ4v) is 2.40. The molecule has 1 unspecified atom stereocenters. The van der Waals surface area contributed by atoms with Crippen LogP contribution >= 0.6 is 0 Å². The van der Waals surface area contributed by atoms with E-state index < -0.39 is 17.8 Å². The Hall–Kier alpha value is -2.68. The van der Waals surface area contributed by atoms with Gasteiger partial charge in [0, 0.05) is 19.8 Å². The topological polar surface area (TPSA) is 71.4 Å². The van der Waals surface area contributed by atoms with E-state index in [0.717, 1.165) is 17.8 Å². The van der Waals surface area contributed by atoms with Crippen molar-refractivity contribution in [3.8, 4) is 0 Å². The Balaban J connectivity index is 1.90. The number of rotatable bonds is 5. The molecule has 2 heterocycles. The predicted octanol–water partition coefficient (Wildman–Crippen LogP) is 2.44. The van der Waals surface area contributed by atoms with E-state index in [0.29, 0.717) is 17.9 Å². The van der Waals surface area contributed by atoms with Crippen molar-refractivity contribution in [3.63, 3.8) is 0 Å². The molecule has 9 heteroatoms. The van der Waals surface area contributed by atoms with Crippen LogP contribution in [-0.2, 0) is 19.8 Å². The van der Waals surface area contributed by atoms with Crippen LogP contribution in [0, 0.1) is 0 Å². The van der Waals surface area contributed by atoms with Crippen molar-refractivity contribution in [1.29, 1.82) is 0 Å². The van der Waals surface area contributed by atoms with Gasteiger partial charge in [0.2, 0.25) is 0 Å². The third-order valence-electron chi connectivity index (χ3n) is 3.66. The number of halogens is 3. The van der Waals surface area contributed by atoms with E-state index >= 15 is 0 Å². The first-order valence-corrected chi connectivity index (χ1v) is 7.18. The SMILES string of the molecule is Cn1nccc1CNC(c1cccc(C(F)(F)F)c1)c1ncn[nH]1. The van der Waals surface area contributed by atoms with Gasteiger partial charge in [0.1, 0.15) is 12.2 Å². The number of hydrogen-bond donors (Lipinski definition) is 2. The van der Waals surface area contributed by atoms with Crippen molar-refractivity contribution in [2.24, 2.45) is 7.05 Å². The lowest BCUT2D eigenvalue weighted by atomic mass is 10.0. The van der Waals surface area contributed by atoms with Gasteiger partial charge in [-0.25, -0.2) is 4.98 Å². The molecule has 2 N–H and O–H groups in total. The Labute approximate surface area is 135 Å². The highest BCUT2D eigenvalue weighted by atomic mass is 19.4. The van der Waals surface area contributed by atoms with Crippen molar-refractivity contribution in [2.45, 2.75) is 18.8 Å². The lowest BCUT2D eigenvalue weighted by molar-refractivity contribution is -0.137. The minimum atomic E-state index is -4.40. The highest BCUT2D eigenvalue weighted by Crippen LogP contribution is 2.31. The minimum Gasteiger partial charge on any atom is -0.298 e. The summed E-state index contributed by atoms with van der Waals surface area (Å²) in [5.74, 6) is 0.441. The summed E-state index contributed by atoms with van der Waals surface area (Å²) in [5, 5.41) is 13.8. The molecular formula is C15H15F3N6. The first-order valence-electron chi connectivity index (χ1n) is 7.18. The van der Waals surface area contributed by atoms with Crippen molar-refractivity contribution >= 4 is 0 Å². The zero-order valence-corrected chi connectivity index (χ0v) is 12.7. The predicted molar refractivity (Wildman–Crippen MR) is 79.7 cm³/mol. The van der Waals surface area contributed by atoms with Gasteiger partial charge in [-0.05, 0) is 23.8 Å². The quantitative estimate of drug-likeness (QED) is 0.751. The van der Waals surface area contributed by atoms with Gasteiger partial charge < -0.3 is 0 Å². The van der Waals surface area contributed by atoms with Crippen molar-refractivity contribution < 1.29 is 13.2 Å². The molecule has 0 radical (unpaired) electrons. The zero-order valence-electron chi connectivity index (χ0n) is 12.7. The molecule has 1 atom stereocenters. The molecule has 3 rings (SSSR count). The average Bonchev–Trinajstić information content (AvgIpc) is 3.20. The van der Waals surface area contributed by atoms with Crippen LogP contribution in [0.5, 0.6) is 0 Å². The number of H-pyrrole nitrogens is 1. The van der Waals surface area contributed by atoms with Crippen LogP contribution in [0.4, 0.5) is 13.2 Å². The summed E-state index contributed by atoms with van der Waals surface area (Å²) in [7, 11) is 1.80. The van der Waals surface area contributed by atoms with Gasteiger partial charge in [-0.3, -0.25) is 15.1 Å². The van der Waals surface area contributed by atoms with Crippen LogP contribution in [-0.4, -0.2) is 25.0 Å². The Morgan fingerprint density at radius 3 is 2.75 bits per heavy atom. The minimum absolute atomic E-state index is 0.415. The van der Waals surface area contributed by atoms with Crippen LogP contribution in [0.1, 0.15) is 28.7 Å². The second-order valence-electron chi connectivity index (χ2n) is 5.25. The Morgan fingerprint density at radius 1 is 1.29 bits per heavy atom. The molecule has 0 bridgehead atoms. The van der Waals surface area contributed by atoms with Gasteiger partial charge in [-0.2, -0.15) is 23.4 Å². The molecule has 0 spiro atoms. The van der Waals surface area contributed by atoms with Gasteiger partial charge in [0.05, 0.1) is 17.3 Å². The molecule has 126 valence electrons. The molecule has 0 aliphatic rings. The monoisotopic (exact) mass is 336 g/mol. The highest BCUT2D eigenvalue weighted by molar-refractivity contribution is 5.31. The lowest BCUT2D eigenvalue weighted by Gasteiger charge is -2.18. The standard InChI is InChI=1S/C15H15F3N6/c1-24-12(5-6-22-24)8-19-13(14-20-9-21-23-14)10-3-2-4-11(7-10)15(16,17)18/h2-7,9,13,19H,8H2,1H3,(H,20,21,23). The normalized spacial score (nSPS) is 13.2. The number of alkyl halides is 3. The molecule has 3 aromatic rings. The number of nitrogens with one attached hydrogen (secondary N) is 2. The summed E-state index contributed by atoms with van der Waals surface area (Å²) in [4.78, 5) is 4.07. The Bertz CT molecular complexity index is 794. The maximum Gasteiger partial charge on any atom is 0.416 e.